The number of guanidine groups is 1. The maximum Gasteiger partial charge on any atom is 0.407 e. The molecule has 3 N–H and O–H groups in total. The van der Waals surface area contributed by atoms with Crippen molar-refractivity contribution in [3.05, 3.63) is 0 Å². The number of nitrogens with one attached hydrogen (secondary N) is 3. The summed E-state index contributed by atoms with van der Waals surface area (Å²) in [6.45, 7) is 18.3. The first-order valence-corrected chi connectivity index (χ1v) is 11.3. The number of amides is 2. The molecule has 1 fully saturated rings. The Morgan fingerprint density at radius 1 is 1.13 bits per heavy atom. The first-order chi connectivity index (χ1) is 13.9. The lowest BCUT2D eigenvalue weighted by atomic mass is 10.0. The molecule has 0 aromatic carbocycles. The summed E-state index contributed by atoms with van der Waals surface area (Å²) < 4.78 is 5.38. The highest BCUT2D eigenvalue weighted by molar-refractivity contribution is 14.0. The van der Waals surface area contributed by atoms with Crippen LogP contribution < -0.4 is 16.0 Å². The molecule has 1 heterocycles. The molecule has 0 radical (unpaired) electrons. The highest BCUT2D eigenvalue weighted by Crippen LogP contribution is 2.13. The average molecular weight is 554 g/mol. The van der Waals surface area contributed by atoms with Crippen molar-refractivity contribution in [1.29, 1.82) is 0 Å². The molecule has 2 amide bonds. The number of alkyl carbamates (subject to hydrolysis) is 1. The number of nitrogens with zero attached hydrogens (tertiary/aromatic N) is 2. The van der Waals surface area contributed by atoms with Gasteiger partial charge in [-0.25, -0.2) is 4.79 Å². The van der Waals surface area contributed by atoms with Crippen LogP contribution in [0.1, 0.15) is 68.2 Å². The van der Waals surface area contributed by atoms with Gasteiger partial charge in [0.2, 0.25) is 5.91 Å². The van der Waals surface area contributed by atoms with Crippen LogP contribution in [0.25, 0.3) is 0 Å². The standard InChI is InChI=1S/C22H43N5O3.HI/c1-9-23-20(25-17-10-12-27(13-11-17)19(28)16(4)5)24-14-18(15(2)3)26-21(29)30-22(6,7)8;/h15-18H,9-14H2,1-8H3,(H,26,29)(H2,23,24,25);1H. The van der Waals surface area contributed by atoms with Gasteiger partial charge in [-0.1, -0.05) is 27.7 Å². The summed E-state index contributed by atoms with van der Waals surface area (Å²) >= 11 is 0. The zero-order chi connectivity index (χ0) is 22.9. The van der Waals surface area contributed by atoms with Crippen LogP contribution in [0.4, 0.5) is 4.79 Å². The van der Waals surface area contributed by atoms with Gasteiger partial charge in [0.05, 0.1) is 12.6 Å². The van der Waals surface area contributed by atoms with Gasteiger partial charge in [0.1, 0.15) is 5.60 Å². The van der Waals surface area contributed by atoms with Crippen LogP contribution >= 0.6 is 24.0 Å². The lowest BCUT2D eigenvalue weighted by Crippen LogP contribution is -2.51. The summed E-state index contributed by atoms with van der Waals surface area (Å²) in [5.41, 5.74) is -0.531. The Labute approximate surface area is 205 Å². The van der Waals surface area contributed by atoms with Crippen LogP contribution in [-0.4, -0.2) is 66.7 Å². The second-order valence-corrected chi connectivity index (χ2v) is 9.61. The molecular formula is C22H44IN5O3. The molecule has 9 heteroatoms. The van der Waals surface area contributed by atoms with Crippen LogP contribution in [0.3, 0.4) is 0 Å². The fraction of sp³-hybridized carbons (Fsp3) is 0.864. The first kappa shape index (κ1) is 29.7. The number of ether oxygens (including phenoxy) is 1. The second kappa shape index (κ2) is 14.0. The normalized spacial score (nSPS) is 16.6. The van der Waals surface area contributed by atoms with E-state index in [0.29, 0.717) is 6.54 Å². The maximum absolute atomic E-state index is 12.2. The van der Waals surface area contributed by atoms with Gasteiger partial charge in [-0.2, -0.15) is 0 Å². The lowest BCUT2D eigenvalue weighted by molar-refractivity contribution is -0.135. The van der Waals surface area contributed by atoms with E-state index in [4.69, 9.17) is 9.73 Å². The minimum Gasteiger partial charge on any atom is -0.444 e. The van der Waals surface area contributed by atoms with E-state index in [1.807, 2.05) is 46.4 Å². The molecule has 8 nitrogen and oxygen atoms in total. The molecule has 0 aliphatic carbocycles. The number of likely N-dealkylation sites (tertiary alicyclic amines) is 1. The number of halogens is 1. The number of rotatable bonds is 7. The SMILES string of the molecule is CCNC(=NCC(NC(=O)OC(C)(C)C)C(C)C)NC1CCN(C(=O)C(C)C)CC1.I. The first-order valence-electron chi connectivity index (χ1n) is 11.3. The largest absolute Gasteiger partial charge is 0.444 e. The number of piperidine rings is 1. The molecule has 0 saturated carbocycles. The van der Waals surface area contributed by atoms with E-state index in [1.54, 1.807) is 0 Å². The van der Waals surface area contributed by atoms with Crippen LogP contribution in [0.15, 0.2) is 4.99 Å². The van der Waals surface area contributed by atoms with E-state index in [2.05, 4.69) is 29.8 Å². The Morgan fingerprint density at radius 3 is 2.16 bits per heavy atom. The van der Waals surface area contributed by atoms with E-state index in [1.165, 1.54) is 0 Å². The fourth-order valence-electron chi connectivity index (χ4n) is 3.19. The molecule has 0 bridgehead atoms. The predicted molar refractivity (Wildman–Crippen MR) is 137 cm³/mol. The summed E-state index contributed by atoms with van der Waals surface area (Å²) in [6.07, 6.45) is 1.37. The molecule has 1 aliphatic rings. The van der Waals surface area contributed by atoms with E-state index in [0.717, 1.165) is 38.4 Å². The zero-order valence-electron chi connectivity index (χ0n) is 20.6. The third-order valence-electron chi connectivity index (χ3n) is 4.94. The third kappa shape index (κ3) is 11.8. The van der Waals surface area contributed by atoms with E-state index in [9.17, 15) is 9.59 Å². The van der Waals surface area contributed by atoms with Crippen LogP contribution in [-0.2, 0) is 9.53 Å². The van der Waals surface area contributed by atoms with Crippen LogP contribution in [0.5, 0.6) is 0 Å². The Morgan fingerprint density at radius 2 is 1.71 bits per heavy atom. The number of aliphatic imine (C=N–C) groups is 1. The molecule has 31 heavy (non-hydrogen) atoms. The van der Waals surface area contributed by atoms with Gasteiger partial charge in [-0.05, 0) is 46.5 Å². The summed E-state index contributed by atoms with van der Waals surface area (Å²) in [4.78, 5) is 31.0. The van der Waals surface area contributed by atoms with Crippen LogP contribution in [0.2, 0.25) is 0 Å². The number of hydrogen-bond acceptors (Lipinski definition) is 4. The quantitative estimate of drug-likeness (QED) is 0.256. The highest BCUT2D eigenvalue weighted by atomic mass is 127. The Bertz CT molecular complexity index is 582. The van der Waals surface area contributed by atoms with Gasteiger partial charge >= 0.3 is 6.09 Å². The van der Waals surface area contributed by atoms with Gasteiger partial charge in [-0.15, -0.1) is 24.0 Å². The Balaban J connectivity index is 0.00000900. The third-order valence-corrected chi connectivity index (χ3v) is 4.94. The maximum atomic E-state index is 12.2. The van der Waals surface area contributed by atoms with Crippen molar-refractivity contribution in [2.75, 3.05) is 26.2 Å². The summed E-state index contributed by atoms with van der Waals surface area (Å²) in [7, 11) is 0. The van der Waals surface area contributed by atoms with Gasteiger partial charge in [0.25, 0.3) is 0 Å². The number of carbonyl (C=O) groups excluding carboxylic acids is 2. The minimum atomic E-state index is -0.531. The van der Waals surface area contributed by atoms with E-state index in [-0.39, 0.29) is 53.8 Å². The highest BCUT2D eigenvalue weighted by Gasteiger charge is 2.25. The molecule has 0 aromatic rings. The van der Waals surface area contributed by atoms with E-state index >= 15 is 0 Å². The fourth-order valence-corrected chi connectivity index (χ4v) is 3.19. The van der Waals surface area contributed by atoms with Crippen molar-refractivity contribution in [2.45, 2.75) is 85.9 Å². The smallest absolute Gasteiger partial charge is 0.407 e. The van der Waals surface area contributed by atoms with Crippen LogP contribution in [0, 0.1) is 11.8 Å². The van der Waals surface area contributed by atoms with Crippen molar-refractivity contribution in [3.63, 3.8) is 0 Å². The topological polar surface area (TPSA) is 95.1 Å². The molecule has 1 aliphatic heterocycles. The molecule has 1 saturated heterocycles. The Kier molecular flexibility index (Phi) is 13.4. The molecule has 1 rings (SSSR count). The summed E-state index contributed by atoms with van der Waals surface area (Å²) in [5.74, 6) is 1.22. The molecule has 0 spiro atoms. The van der Waals surface area contributed by atoms with Crippen molar-refractivity contribution in [3.8, 4) is 0 Å². The predicted octanol–water partition coefficient (Wildman–Crippen LogP) is 3.36. The molecule has 182 valence electrons. The van der Waals surface area contributed by atoms with E-state index < -0.39 is 11.7 Å². The average Bonchev–Trinajstić information content (AvgIpc) is 2.63. The number of carbonyl (C=O) groups is 2. The minimum absolute atomic E-state index is 0. The van der Waals surface area contributed by atoms with Crippen molar-refractivity contribution < 1.29 is 14.3 Å². The Hall–Kier alpha value is -1.26. The van der Waals surface area contributed by atoms with Gasteiger partial charge in [0.15, 0.2) is 5.96 Å². The van der Waals surface area contributed by atoms with Gasteiger partial charge < -0.3 is 25.6 Å². The molecule has 0 aromatic heterocycles. The zero-order valence-corrected chi connectivity index (χ0v) is 22.9. The molecule has 1 atom stereocenters. The van der Waals surface area contributed by atoms with Crippen molar-refractivity contribution >= 4 is 41.9 Å². The van der Waals surface area contributed by atoms with Crippen molar-refractivity contribution in [1.82, 2.24) is 20.9 Å². The number of hydrogen-bond donors (Lipinski definition) is 3. The summed E-state index contributed by atoms with van der Waals surface area (Å²) in [6, 6.07) is 0.149. The van der Waals surface area contributed by atoms with Gasteiger partial charge in [-0.3, -0.25) is 9.79 Å². The van der Waals surface area contributed by atoms with Crippen molar-refractivity contribution in [2.24, 2.45) is 16.8 Å². The molecule has 1 unspecified atom stereocenters. The summed E-state index contributed by atoms with van der Waals surface area (Å²) in [5, 5.41) is 9.71. The van der Waals surface area contributed by atoms with Gasteiger partial charge in [0, 0.05) is 31.6 Å². The monoisotopic (exact) mass is 553 g/mol. The molecular weight excluding hydrogens is 509 g/mol. The lowest BCUT2D eigenvalue weighted by Gasteiger charge is -2.34. The second-order valence-electron chi connectivity index (χ2n) is 9.61.